The lowest BCUT2D eigenvalue weighted by Crippen LogP contribution is -2.58. The average molecular weight is 481 g/mol. The zero-order valence-electron chi connectivity index (χ0n) is 19.7. The van der Waals surface area contributed by atoms with Crippen LogP contribution in [-0.4, -0.2) is 65.0 Å². The highest BCUT2D eigenvalue weighted by Crippen LogP contribution is 2.10. The Balaban J connectivity index is 2.77. The van der Waals surface area contributed by atoms with Crippen LogP contribution in [0.25, 0.3) is 0 Å². The van der Waals surface area contributed by atoms with Gasteiger partial charge in [0.25, 0.3) is 0 Å². The van der Waals surface area contributed by atoms with Crippen molar-refractivity contribution in [1.82, 2.24) is 16.0 Å². The van der Waals surface area contributed by atoms with Crippen molar-refractivity contribution in [1.29, 1.82) is 0 Å². The fourth-order valence-corrected chi connectivity index (χ4v) is 3.54. The number of nitrogens with one attached hydrogen (secondary N) is 3. The predicted octanol–water partition coefficient (Wildman–Crippen LogP) is 0.915. The van der Waals surface area contributed by atoms with Gasteiger partial charge in [-0.1, -0.05) is 50.6 Å². The van der Waals surface area contributed by atoms with E-state index >= 15 is 0 Å². The average Bonchev–Trinajstić information content (AvgIpc) is 2.80. The molecule has 3 amide bonds. The highest BCUT2D eigenvalue weighted by Gasteiger charge is 2.30. The SMILES string of the molecule is CCC(C)C(NC(=O)C(N)CCSC)C(=O)NC(C)C(=O)NC(Cc1ccccc1)C(=O)O. The molecule has 0 aliphatic heterocycles. The summed E-state index contributed by atoms with van der Waals surface area (Å²) in [6, 6.07) is 5.21. The van der Waals surface area contributed by atoms with Gasteiger partial charge in [0.15, 0.2) is 0 Å². The van der Waals surface area contributed by atoms with Gasteiger partial charge >= 0.3 is 5.97 Å². The monoisotopic (exact) mass is 480 g/mol. The van der Waals surface area contributed by atoms with E-state index in [-0.39, 0.29) is 12.3 Å². The molecule has 0 saturated carbocycles. The van der Waals surface area contributed by atoms with Gasteiger partial charge in [-0.25, -0.2) is 4.79 Å². The third-order valence-electron chi connectivity index (χ3n) is 5.41. The first-order chi connectivity index (χ1) is 15.6. The van der Waals surface area contributed by atoms with E-state index in [0.29, 0.717) is 12.8 Å². The molecule has 0 heterocycles. The Morgan fingerprint density at radius 3 is 2.18 bits per heavy atom. The summed E-state index contributed by atoms with van der Waals surface area (Å²) in [5.74, 6) is -2.21. The second kappa shape index (κ2) is 14.5. The first-order valence-electron chi connectivity index (χ1n) is 11.0. The summed E-state index contributed by atoms with van der Waals surface area (Å²) < 4.78 is 0. The van der Waals surface area contributed by atoms with Crippen molar-refractivity contribution in [3.63, 3.8) is 0 Å². The Morgan fingerprint density at radius 1 is 1.00 bits per heavy atom. The molecule has 6 N–H and O–H groups in total. The van der Waals surface area contributed by atoms with E-state index in [0.717, 1.165) is 11.3 Å². The van der Waals surface area contributed by atoms with Gasteiger partial charge in [-0.3, -0.25) is 14.4 Å². The van der Waals surface area contributed by atoms with E-state index in [4.69, 9.17) is 5.73 Å². The van der Waals surface area contributed by atoms with E-state index in [9.17, 15) is 24.3 Å². The Labute approximate surface area is 199 Å². The lowest BCUT2D eigenvalue weighted by atomic mass is 9.97. The van der Waals surface area contributed by atoms with Crippen LogP contribution in [0.1, 0.15) is 39.2 Å². The van der Waals surface area contributed by atoms with Gasteiger partial charge in [0, 0.05) is 6.42 Å². The molecular weight excluding hydrogens is 444 g/mol. The first-order valence-corrected chi connectivity index (χ1v) is 12.4. The fraction of sp³-hybridized carbons (Fsp3) is 0.565. The molecule has 184 valence electrons. The molecule has 1 rings (SSSR count). The number of aliphatic carboxylic acids is 1. The molecule has 0 spiro atoms. The first kappa shape index (κ1) is 28.4. The number of carbonyl (C=O) groups is 4. The lowest BCUT2D eigenvalue weighted by molar-refractivity contribution is -0.142. The number of hydrogen-bond acceptors (Lipinski definition) is 6. The number of hydrogen-bond donors (Lipinski definition) is 5. The molecule has 5 unspecified atom stereocenters. The minimum Gasteiger partial charge on any atom is -0.480 e. The van der Waals surface area contributed by atoms with Gasteiger partial charge in [0.05, 0.1) is 6.04 Å². The van der Waals surface area contributed by atoms with Crippen LogP contribution in [-0.2, 0) is 25.6 Å². The predicted molar refractivity (Wildman–Crippen MR) is 130 cm³/mol. The van der Waals surface area contributed by atoms with E-state index in [1.165, 1.54) is 6.92 Å². The summed E-state index contributed by atoms with van der Waals surface area (Å²) in [6.07, 6.45) is 3.14. The molecule has 33 heavy (non-hydrogen) atoms. The van der Waals surface area contributed by atoms with Crippen molar-refractivity contribution >= 4 is 35.5 Å². The Hall–Kier alpha value is -2.59. The van der Waals surface area contributed by atoms with Crippen molar-refractivity contribution in [2.24, 2.45) is 11.7 Å². The molecule has 5 atom stereocenters. The van der Waals surface area contributed by atoms with Gasteiger partial charge in [-0.15, -0.1) is 0 Å². The Kier molecular flexibility index (Phi) is 12.5. The van der Waals surface area contributed by atoms with Crippen molar-refractivity contribution < 1.29 is 24.3 Å². The van der Waals surface area contributed by atoms with Crippen LogP contribution in [0, 0.1) is 5.92 Å². The van der Waals surface area contributed by atoms with Gasteiger partial charge in [-0.05, 0) is 36.8 Å². The van der Waals surface area contributed by atoms with Gasteiger partial charge in [-0.2, -0.15) is 11.8 Å². The topological polar surface area (TPSA) is 151 Å². The number of rotatable bonds is 14. The van der Waals surface area contributed by atoms with Crippen LogP contribution in [0.3, 0.4) is 0 Å². The van der Waals surface area contributed by atoms with Crippen molar-refractivity contribution in [3.8, 4) is 0 Å². The molecule has 1 aromatic rings. The summed E-state index contributed by atoms with van der Waals surface area (Å²) in [6.45, 7) is 5.18. The molecule has 0 fully saturated rings. The molecule has 1 aromatic carbocycles. The van der Waals surface area contributed by atoms with Gasteiger partial charge in [0.2, 0.25) is 17.7 Å². The molecule has 0 bridgehead atoms. The largest absolute Gasteiger partial charge is 0.480 e. The highest BCUT2D eigenvalue weighted by molar-refractivity contribution is 7.98. The smallest absolute Gasteiger partial charge is 0.326 e. The van der Waals surface area contributed by atoms with Gasteiger partial charge in [0.1, 0.15) is 18.1 Å². The van der Waals surface area contributed by atoms with Crippen LogP contribution < -0.4 is 21.7 Å². The zero-order valence-corrected chi connectivity index (χ0v) is 20.5. The summed E-state index contributed by atoms with van der Waals surface area (Å²) in [5.41, 5.74) is 6.68. The number of amides is 3. The Morgan fingerprint density at radius 2 is 1.64 bits per heavy atom. The summed E-state index contributed by atoms with van der Waals surface area (Å²) >= 11 is 1.58. The van der Waals surface area contributed by atoms with Crippen molar-refractivity contribution in [2.75, 3.05) is 12.0 Å². The number of thioether (sulfide) groups is 1. The second-order valence-electron chi connectivity index (χ2n) is 8.08. The maximum Gasteiger partial charge on any atom is 0.326 e. The molecule has 9 nitrogen and oxygen atoms in total. The van der Waals surface area contributed by atoms with Crippen LogP contribution in [0.5, 0.6) is 0 Å². The quantitative estimate of drug-likeness (QED) is 0.266. The molecule has 0 aliphatic carbocycles. The molecule has 0 aromatic heterocycles. The van der Waals surface area contributed by atoms with E-state index in [1.807, 2.05) is 26.2 Å². The summed E-state index contributed by atoms with van der Waals surface area (Å²) in [5, 5.41) is 17.2. The van der Waals surface area contributed by atoms with E-state index in [1.54, 1.807) is 36.0 Å². The van der Waals surface area contributed by atoms with E-state index < -0.39 is 47.9 Å². The zero-order chi connectivity index (χ0) is 25.0. The van der Waals surface area contributed by atoms with Crippen LogP contribution in [0.15, 0.2) is 30.3 Å². The number of nitrogens with two attached hydrogens (primary N) is 1. The lowest BCUT2D eigenvalue weighted by Gasteiger charge is -2.27. The number of carbonyl (C=O) groups excluding carboxylic acids is 3. The second-order valence-corrected chi connectivity index (χ2v) is 9.06. The Bertz CT molecular complexity index is 792. The van der Waals surface area contributed by atoms with Gasteiger partial charge < -0.3 is 26.8 Å². The van der Waals surface area contributed by atoms with Crippen LogP contribution in [0.2, 0.25) is 0 Å². The normalized spacial score (nSPS) is 15.4. The molecule has 0 saturated heterocycles. The minimum absolute atomic E-state index is 0.113. The highest BCUT2D eigenvalue weighted by atomic mass is 32.2. The minimum atomic E-state index is -1.17. The summed E-state index contributed by atoms with van der Waals surface area (Å²) in [4.78, 5) is 49.5. The number of carboxylic acids is 1. The molecule has 10 heteroatoms. The molecule has 0 aliphatic rings. The summed E-state index contributed by atoms with van der Waals surface area (Å²) in [7, 11) is 0. The van der Waals surface area contributed by atoms with Crippen LogP contribution >= 0.6 is 11.8 Å². The third kappa shape index (κ3) is 9.83. The standard InChI is InChI=1S/C23H36N4O5S/c1-5-14(2)19(27-21(29)17(24)11-12-33-4)22(30)25-15(3)20(28)26-18(23(31)32)13-16-9-7-6-8-10-16/h6-10,14-15,17-19H,5,11-13,24H2,1-4H3,(H,25,30)(H,26,28)(H,27,29)(H,31,32). The van der Waals surface area contributed by atoms with Crippen molar-refractivity contribution in [2.45, 2.75) is 64.2 Å². The maximum absolute atomic E-state index is 12.9. The number of carboxylic acid groups (broad SMARTS) is 1. The van der Waals surface area contributed by atoms with Crippen molar-refractivity contribution in [3.05, 3.63) is 35.9 Å². The molecular formula is C23H36N4O5S. The van der Waals surface area contributed by atoms with E-state index in [2.05, 4.69) is 16.0 Å². The molecule has 0 radical (unpaired) electrons. The third-order valence-corrected chi connectivity index (χ3v) is 6.06. The van der Waals surface area contributed by atoms with Crippen LogP contribution in [0.4, 0.5) is 0 Å². The fourth-order valence-electron chi connectivity index (χ4n) is 3.05. The number of benzene rings is 1. The maximum atomic E-state index is 12.9.